The maximum atomic E-state index is 6.54. The molecule has 0 fully saturated rings. The molecular formula is C46H28O. The summed E-state index contributed by atoms with van der Waals surface area (Å²) < 4.78 is 6.54. The summed E-state index contributed by atoms with van der Waals surface area (Å²) in [4.78, 5) is 0. The first kappa shape index (κ1) is 26.1. The molecule has 0 spiro atoms. The molecule has 1 heteroatoms. The Morgan fingerprint density at radius 3 is 1.57 bits per heavy atom. The second-order valence-corrected chi connectivity index (χ2v) is 12.4. The van der Waals surface area contributed by atoms with Crippen molar-refractivity contribution in [3.8, 4) is 33.4 Å². The fourth-order valence-electron chi connectivity index (χ4n) is 7.76. The predicted octanol–water partition coefficient (Wildman–Crippen LogP) is 13.2. The van der Waals surface area contributed by atoms with E-state index in [4.69, 9.17) is 4.42 Å². The molecule has 0 bridgehead atoms. The van der Waals surface area contributed by atoms with Gasteiger partial charge in [0.15, 0.2) is 0 Å². The van der Waals surface area contributed by atoms with E-state index in [9.17, 15) is 0 Å². The summed E-state index contributed by atoms with van der Waals surface area (Å²) in [5.41, 5.74) is 9.22. The van der Waals surface area contributed by atoms with E-state index in [0.717, 1.165) is 21.9 Å². The topological polar surface area (TPSA) is 13.1 Å². The summed E-state index contributed by atoms with van der Waals surface area (Å²) in [5, 5.41) is 12.2. The zero-order chi connectivity index (χ0) is 30.9. The van der Waals surface area contributed by atoms with Crippen molar-refractivity contribution in [1.82, 2.24) is 0 Å². The van der Waals surface area contributed by atoms with E-state index >= 15 is 0 Å². The molecule has 1 nitrogen and oxygen atoms in total. The second-order valence-electron chi connectivity index (χ2n) is 12.4. The molecule has 0 unspecified atom stereocenters. The van der Waals surface area contributed by atoms with Crippen LogP contribution in [0.5, 0.6) is 0 Å². The fraction of sp³-hybridized carbons (Fsp3) is 0. The van der Waals surface area contributed by atoms with Gasteiger partial charge in [-0.2, -0.15) is 0 Å². The molecule has 0 atom stereocenters. The van der Waals surface area contributed by atoms with Crippen LogP contribution in [-0.4, -0.2) is 0 Å². The minimum absolute atomic E-state index is 0.909. The van der Waals surface area contributed by atoms with E-state index in [1.54, 1.807) is 0 Å². The Morgan fingerprint density at radius 2 is 0.872 bits per heavy atom. The Bertz CT molecular complexity index is 2780. The van der Waals surface area contributed by atoms with E-state index < -0.39 is 0 Å². The van der Waals surface area contributed by atoms with Crippen LogP contribution < -0.4 is 0 Å². The van der Waals surface area contributed by atoms with Gasteiger partial charge in [-0.3, -0.25) is 0 Å². The fourth-order valence-corrected chi connectivity index (χ4v) is 7.76. The lowest BCUT2D eigenvalue weighted by atomic mass is 9.83. The van der Waals surface area contributed by atoms with Crippen molar-refractivity contribution in [2.24, 2.45) is 0 Å². The Kier molecular flexibility index (Phi) is 5.64. The van der Waals surface area contributed by atoms with Crippen LogP contribution >= 0.6 is 0 Å². The number of furan rings is 1. The summed E-state index contributed by atoms with van der Waals surface area (Å²) in [6, 6.07) is 61.6. The monoisotopic (exact) mass is 596 g/mol. The van der Waals surface area contributed by atoms with Gasteiger partial charge in [0, 0.05) is 10.8 Å². The highest BCUT2D eigenvalue weighted by atomic mass is 16.3. The van der Waals surface area contributed by atoms with Crippen LogP contribution in [0.1, 0.15) is 0 Å². The molecule has 47 heavy (non-hydrogen) atoms. The Hall–Kier alpha value is -6.18. The van der Waals surface area contributed by atoms with Crippen molar-refractivity contribution in [2.45, 2.75) is 0 Å². The van der Waals surface area contributed by atoms with Gasteiger partial charge in [-0.1, -0.05) is 140 Å². The molecule has 10 aromatic rings. The average molecular weight is 597 g/mol. The minimum atomic E-state index is 0.909. The largest absolute Gasteiger partial charge is 0.456 e. The standard InChI is InChI=1S/C46H28O/c1-2-13-29(14-3-1)40-27-33(25-32-17-6-7-18-34(32)40)44-35-19-8-10-21-37(35)45(38-22-11-9-20-36(38)44)39-23-12-24-42-46(39)41-26-30-15-4-5-16-31(30)28-43(41)47-42/h1-28H. The SMILES string of the molecule is c1ccc(-c2cc(-c3c4ccccc4c(-c4cccc5oc6cc7ccccc7cc6c45)c4ccccc34)cc3ccccc23)cc1. The molecule has 0 saturated carbocycles. The van der Waals surface area contributed by atoms with Crippen molar-refractivity contribution in [3.05, 3.63) is 170 Å². The molecule has 0 N–H and O–H groups in total. The van der Waals surface area contributed by atoms with E-state index in [1.165, 1.54) is 76.5 Å². The molecule has 0 amide bonds. The number of fused-ring (bicyclic) bond motifs is 7. The first-order chi connectivity index (χ1) is 23.3. The van der Waals surface area contributed by atoms with E-state index in [0.29, 0.717) is 0 Å². The Labute approximate surface area is 271 Å². The zero-order valence-corrected chi connectivity index (χ0v) is 25.6. The van der Waals surface area contributed by atoms with Crippen molar-refractivity contribution >= 4 is 65.0 Å². The van der Waals surface area contributed by atoms with Crippen LogP contribution in [0, 0.1) is 0 Å². The number of hydrogen-bond donors (Lipinski definition) is 0. The van der Waals surface area contributed by atoms with Crippen molar-refractivity contribution in [2.75, 3.05) is 0 Å². The van der Waals surface area contributed by atoms with Crippen LogP contribution in [0.15, 0.2) is 174 Å². The van der Waals surface area contributed by atoms with E-state index in [1.807, 2.05) is 0 Å². The minimum Gasteiger partial charge on any atom is -0.456 e. The van der Waals surface area contributed by atoms with Crippen LogP contribution in [0.25, 0.3) is 98.4 Å². The molecule has 9 aromatic carbocycles. The first-order valence-electron chi connectivity index (χ1n) is 16.2. The van der Waals surface area contributed by atoms with Gasteiger partial charge in [-0.05, 0) is 107 Å². The third kappa shape index (κ3) is 3.97. The Balaban J connectivity index is 1.33. The highest BCUT2D eigenvalue weighted by molar-refractivity contribution is 6.26. The summed E-state index contributed by atoms with van der Waals surface area (Å²) in [7, 11) is 0. The molecule has 1 aromatic heterocycles. The third-order valence-corrected chi connectivity index (χ3v) is 9.80. The molecule has 0 aliphatic carbocycles. The number of benzene rings is 9. The van der Waals surface area contributed by atoms with Crippen LogP contribution in [0.4, 0.5) is 0 Å². The second kappa shape index (κ2) is 10.2. The van der Waals surface area contributed by atoms with Gasteiger partial charge in [0.2, 0.25) is 0 Å². The van der Waals surface area contributed by atoms with Crippen molar-refractivity contribution in [3.63, 3.8) is 0 Å². The third-order valence-electron chi connectivity index (χ3n) is 9.80. The molecule has 0 aliphatic heterocycles. The maximum absolute atomic E-state index is 6.54. The van der Waals surface area contributed by atoms with E-state index in [-0.39, 0.29) is 0 Å². The van der Waals surface area contributed by atoms with Gasteiger partial charge in [0.25, 0.3) is 0 Å². The lowest BCUT2D eigenvalue weighted by Gasteiger charge is -2.19. The van der Waals surface area contributed by atoms with Gasteiger partial charge in [0.05, 0.1) is 0 Å². The highest BCUT2D eigenvalue weighted by Crippen LogP contribution is 2.48. The molecular weight excluding hydrogens is 569 g/mol. The summed E-state index contributed by atoms with van der Waals surface area (Å²) >= 11 is 0. The lowest BCUT2D eigenvalue weighted by Crippen LogP contribution is -1.92. The molecule has 0 radical (unpaired) electrons. The molecule has 218 valence electrons. The van der Waals surface area contributed by atoms with Gasteiger partial charge in [-0.15, -0.1) is 0 Å². The van der Waals surface area contributed by atoms with Crippen LogP contribution in [-0.2, 0) is 0 Å². The van der Waals surface area contributed by atoms with Gasteiger partial charge < -0.3 is 4.42 Å². The lowest BCUT2D eigenvalue weighted by molar-refractivity contribution is 0.669. The van der Waals surface area contributed by atoms with Crippen molar-refractivity contribution < 1.29 is 4.42 Å². The molecule has 0 aliphatic rings. The van der Waals surface area contributed by atoms with E-state index in [2.05, 4.69) is 170 Å². The summed E-state index contributed by atoms with van der Waals surface area (Å²) in [6.07, 6.45) is 0. The zero-order valence-electron chi connectivity index (χ0n) is 25.6. The molecule has 10 rings (SSSR count). The smallest absolute Gasteiger partial charge is 0.136 e. The van der Waals surface area contributed by atoms with Gasteiger partial charge in [0.1, 0.15) is 11.2 Å². The predicted molar refractivity (Wildman–Crippen MR) is 200 cm³/mol. The van der Waals surface area contributed by atoms with Crippen LogP contribution in [0.2, 0.25) is 0 Å². The summed E-state index contributed by atoms with van der Waals surface area (Å²) in [5.74, 6) is 0. The van der Waals surface area contributed by atoms with Gasteiger partial charge >= 0.3 is 0 Å². The first-order valence-corrected chi connectivity index (χ1v) is 16.2. The number of hydrogen-bond acceptors (Lipinski definition) is 1. The Morgan fingerprint density at radius 1 is 0.298 bits per heavy atom. The van der Waals surface area contributed by atoms with Crippen LogP contribution in [0.3, 0.4) is 0 Å². The number of rotatable bonds is 3. The summed E-state index contributed by atoms with van der Waals surface area (Å²) in [6.45, 7) is 0. The quantitative estimate of drug-likeness (QED) is 0.185. The average Bonchev–Trinajstić information content (AvgIpc) is 3.50. The highest BCUT2D eigenvalue weighted by Gasteiger charge is 2.21. The normalized spacial score (nSPS) is 11.8. The molecule has 1 heterocycles. The van der Waals surface area contributed by atoms with Gasteiger partial charge in [-0.25, -0.2) is 0 Å². The molecule has 0 saturated heterocycles. The van der Waals surface area contributed by atoms with Crippen molar-refractivity contribution in [1.29, 1.82) is 0 Å². The maximum Gasteiger partial charge on any atom is 0.136 e.